The summed E-state index contributed by atoms with van der Waals surface area (Å²) in [4.78, 5) is 16.3. The van der Waals surface area contributed by atoms with Crippen LogP contribution in [0.2, 0.25) is 0 Å². The standard InChI is InChI=1S/C6H8N4O3/c11-4-2-10(13-3-4)6(12)5-1-7-9-8-5/h1,4,11H,2-3H2,(H,7,8,9)/t4-/m1/s1. The van der Waals surface area contributed by atoms with E-state index in [4.69, 9.17) is 9.94 Å². The summed E-state index contributed by atoms with van der Waals surface area (Å²) in [6, 6.07) is 0. The molecule has 1 aromatic rings. The van der Waals surface area contributed by atoms with Crippen LogP contribution in [0.25, 0.3) is 0 Å². The van der Waals surface area contributed by atoms with Crippen molar-refractivity contribution >= 4 is 5.91 Å². The van der Waals surface area contributed by atoms with Gasteiger partial charge >= 0.3 is 0 Å². The Kier molecular flexibility index (Phi) is 1.95. The predicted molar refractivity (Wildman–Crippen MR) is 39.4 cm³/mol. The molecule has 1 fully saturated rings. The maximum absolute atomic E-state index is 11.4. The van der Waals surface area contributed by atoms with Crippen molar-refractivity contribution in [3.05, 3.63) is 11.9 Å². The highest BCUT2D eigenvalue weighted by Crippen LogP contribution is 2.08. The second-order valence-electron chi connectivity index (χ2n) is 2.67. The summed E-state index contributed by atoms with van der Waals surface area (Å²) in [6.07, 6.45) is 0.687. The van der Waals surface area contributed by atoms with Gasteiger partial charge in [0, 0.05) is 0 Å². The van der Waals surface area contributed by atoms with Crippen LogP contribution in [0, 0.1) is 0 Å². The second-order valence-corrected chi connectivity index (χ2v) is 2.67. The molecule has 7 nitrogen and oxygen atoms in total. The summed E-state index contributed by atoms with van der Waals surface area (Å²) >= 11 is 0. The number of amides is 1. The number of aromatic amines is 1. The van der Waals surface area contributed by atoms with Crippen molar-refractivity contribution in [1.82, 2.24) is 20.5 Å². The van der Waals surface area contributed by atoms with Crippen LogP contribution in [0.15, 0.2) is 6.20 Å². The van der Waals surface area contributed by atoms with E-state index < -0.39 is 12.0 Å². The summed E-state index contributed by atoms with van der Waals surface area (Å²) in [6.45, 7) is 0.315. The van der Waals surface area contributed by atoms with E-state index in [9.17, 15) is 4.79 Å². The number of aromatic nitrogens is 3. The Balaban J connectivity index is 2.06. The van der Waals surface area contributed by atoms with Crippen molar-refractivity contribution in [2.24, 2.45) is 0 Å². The normalized spacial score (nSPS) is 22.2. The number of hydrogen-bond acceptors (Lipinski definition) is 5. The number of H-pyrrole nitrogens is 1. The molecule has 0 radical (unpaired) electrons. The minimum absolute atomic E-state index is 0.142. The van der Waals surface area contributed by atoms with Crippen molar-refractivity contribution < 1.29 is 14.7 Å². The third-order valence-electron chi connectivity index (χ3n) is 1.66. The van der Waals surface area contributed by atoms with Crippen molar-refractivity contribution in [2.75, 3.05) is 13.2 Å². The number of carbonyl (C=O) groups excluding carboxylic acids is 1. The molecular weight excluding hydrogens is 176 g/mol. The Hall–Kier alpha value is -1.47. The van der Waals surface area contributed by atoms with Crippen LogP contribution in [0.4, 0.5) is 0 Å². The van der Waals surface area contributed by atoms with Crippen LogP contribution >= 0.6 is 0 Å². The van der Waals surface area contributed by atoms with E-state index in [1.54, 1.807) is 0 Å². The Bertz CT molecular complexity index is 299. The fourth-order valence-corrected chi connectivity index (χ4v) is 1.05. The molecule has 1 aromatic heterocycles. The third kappa shape index (κ3) is 1.51. The van der Waals surface area contributed by atoms with Gasteiger partial charge in [-0.05, 0) is 0 Å². The minimum Gasteiger partial charge on any atom is -0.389 e. The first-order valence-electron chi connectivity index (χ1n) is 3.76. The zero-order valence-electron chi connectivity index (χ0n) is 6.67. The van der Waals surface area contributed by atoms with Gasteiger partial charge in [0.25, 0.3) is 5.91 Å². The Morgan fingerprint density at radius 3 is 3.23 bits per heavy atom. The molecule has 2 N–H and O–H groups in total. The fourth-order valence-electron chi connectivity index (χ4n) is 1.05. The van der Waals surface area contributed by atoms with E-state index in [2.05, 4.69) is 15.4 Å². The molecule has 13 heavy (non-hydrogen) atoms. The topological polar surface area (TPSA) is 91.3 Å². The maximum Gasteiger partial charge on any atom is 0.299 e. The van der Waals surface area contributed by atoms with Crippen molar-refractivity contribution in [1.29, 1.82) is 0 Å². The number of aliphatic hydroxyl groups excluding tert-OH is 1. The average Bonchev–Trinajstić information content (AvgIpc) is 2.72. The van der Waals surface area contributed by atoms with Gasteiger partial charge in [0.15, 0.2) is 5.69 Å². The van der Waals surface area contributed by atoms with Crippen LogP contribution in [0.5, 0.6) is 0 Å². The summed E-state index contributed by atoms with van der Waals surface area (Å²) in [7, 11) is 0. The first-order chi connectivity index (χ1) is 6.27. The van der Waals surface area contributed by atoms with Crippen LogP contribution in [0.3, 0.4) is 0 Å². The quantitative estimate of drug-likeness (QED) is 0.557. The van der Waals surface area contributed by atoms with Gasteiger partial charge in [0.1, 0.15) is 12.7 Å². The Labute approximate surface area is 73.3 Å². The summed E-state index contributed by atoms with van der Waals surface area (Å²) in [5, 5.41) is 19.6. The molecule has 70 valence electrons. The van der Waals surface area contributed by atoms with E-state index in [1.165, 1.54) is 6.20 Å². The van der Waals surface area contributed by atoms with Crippen molar-refractivity contribution in [3.8, 4) is 0 Å². The summed E-state index contributed by atoms with van der Waals surface area (Å²) in [5.41, 5.74) is 0.175. The molecule has 0 aliphatic carbocycles. The lowest BCUT2D eigenvalue weighted by Gasteiger charge is -2.10. The van der Waals surface area contributed by atoms with Gasteiger partial charge < -0.3 is 5.11 Å². The highest BCUT2D eigenvalue weighted by atomic mass is 16.7. The highest BCUT2D eigenvalue weighted by molar-refractivity contribution is 5.91. The lowest BCUT2D eigenvalue weighted by Crippen LogP contribution is -2.28. The van der Waals surface area contributed by atoms with Gasteiger partial charge in [0.2, 0.25) is 0 Å². The number of nitrogens with zero attached hydrogens (tertiary/aromatic N) is 3. The van der Waals surface area contributed by atoms with Crippen LogP contribution in [0.1, 0.15) is 10.5 Å². The third-order valence-corrected chi connectivity index (χ3v) is 1.66. The molecular formula is C6H8N4O3. The number of β-amino-alcohol motifs (C(OH)–C–C–N with tert-alkyl or cyclic N) is 1. The molecule has 0 aromatic carbocycles. The molecule has 2 rings (SSSR count). The number of carbonyl (C=O) groups is 1. The molecule has 1 atom stereocenters. The number of aliphatic hydroxyl groups is 1. The van der Waals surface area contributed by atoms with Crippen LogP contribution in [-0.2, 0) is 4.84 Å². The van der Waals surface area contributed by atoms with E-state index in [0.717, 1.165) is 5.06 Å². The molecule has 1 aliphatic rings. The first kappa shape index (κ1) is 8.14. The zero-order chi connectivity index (χ0) is 9.26. The lowest BCUT2D eigenvalue weighted by atomic mass is 10.4. The maximum atomic E-state index is 11.4. The van der Waals surface area contributed by atoms with Gasteiger partial charge in [-0.1, -0.05) is 0 Å². The Morgan fingerprint density at radius 2 is 2.69 bits per heavy atom. The number of hydroxylamine groups is 2. The smallest absolute Gasteiger partial charge is 0.299 e. The molecule has 1 amide bonds. The largest absolute Gasteiger partial charge is 0.389 e. The monoisotopic (exact) mass is 184 g/mol. The van der Waals surface area contributed by atoms with Gasteiger partial charge in [-0.3, -0.25) is 9.63 Å². The SMILES string of the molecule is O=C(c1cn[nH]n1)N1C[C@@H](O)CO1. The van der Waals surface area contributed by atoms with Gasteiger partial charge in [-0.2, -0.15) is 15.4 Å². The first-order valence-corrected chi connectivity index (χ1v) is 3.76. The van der Waals surface area contributed by atoms with Crippen LogP contribution in [-0.4, -0.2) is 50.7 Å². The van der Waals surface area contributed by atoms with Gasteiger partial charge in [0.05, 0.1) is 12.7 Å². The lowest BCUT2D eigenvalue weighted by molar-refractivity contribution is -0.0783. The molecule has 1 saturated heterocycles. The van der Waals surface area contributed by atoms with Crippen LogP contribution < -0.4 is 0 Å². The minimum atomic E-state index is -0.615. The highest BCUT2D eigenvalue weighted by Gasteiger charge is 2.28. The van der Waals surface area contributed by atoms with E-state index in [0.29, 0.717) is 0 Å². The molecule has 7 heteroatoms. The van der Waals surface area contributed by atoms with Gasteiger partial charge in [-0.25, -0.2) is 5.06 Å². The molecule has 1 aliphatic heterocycles. The van der Waals surface area contributed by atoms with Gasteiger partial charge in [-0.15, -0.1) is 0 Å². The van der Waals surface area contributed by atoms with Crippen molar-refractivity contribution in [2.45, 2.75) is 6.10 Å². The zero-order valence-corrected chi connectivity index (χ0v) is 6.67. The molecule has 0 bridgehead atoms. The predicted octanol–water partition coefficient (Wildman–Crippen LogP) is -1.45. The van der Waals surface area contributed by atoms with E-state index in [-0.39, 0.29) is 18.8 Å². The molecule has 0 saturated carbocycles. The number of rotatable bonds is 1. The van der Waals surface area contributed by atoms with Crippen molar-refractivity contribution in [3.63, 3.8) is 0 Å². The molecule has 2 heterocycles. The molecule has 0 spiro atoms. The van der Waals surface area contributed by atoms with E-state index >= 15 is 0 Å². The number of nitrogens with one attached hydrogen (secondary N) is 1. The second kappa shape index (κ2) is 3.11. The number of hydrogen-bond donors (Lipinski definition) is 2. The summed E-state index contributed by atoms with van der Waals surface area (Å²) in [5.74, 6) is -0.398. The fraction of sp³-hybridized carbons (Fsp3) is 0.500. The average molecular weight is 184 g/mol. The Morgan fingerprint density at radius 1 is 1.85 bits per heavy atom. The van der Waals surface area contributed by atoms with E-state index in [1.807, 2.05) is 0 Å². The molecule has 0 unspecified atom stereocenters. The summed E-state index contributed by atoms with van der Waals surface area (Å²) < 4.78 is 0.